The van der Waals surface area contributed by atoms with E-state index in [4.69, 9.17) is 17.0 Å². The van der Waals surface area contributed by atoms with E-state index in [1.807, 2.05) is 6.07 Å². The van der Waals surface area contributed by atoms with Gasteiger partial charge in [-0.3, -0.25) is 30.7 Å². The van der Waals surface area contributed by atoms with Crippen molar-refractivity contribution in [1.29, 1.82) is 0 Å². The van der Waals surface area contributed by atoms with Gasteiger partial charge in [-0.25, -0.2) is 0 Å². The van der Waals surface area contributed by atoms with E-state index in [1.54, 1.807) is 24.3 Å². The molecule has 0 aliphatic rings. The molecule has 27 heavy (non-hydrogen) atoms. The summed E-state index contributed by atoms with van der Waals surface area (Å²) in [5.41, 5.74) is 5.93. The molecule has 0 saturated carbocycles. The highest BCUT2D eigenvalue weighted by atomic mass is 79.9. The van der Waals surface area contributed by atoms with Crippen molar-refractivity contribution in [1.82, 2.24) is 21.2 Å². The number of nitrogens with one attached hydrogen (secondary N) is 3. The van der Waals surface area contributed by atoms with Gasteiger partial charge in [0.05, 0.1) is 11.6 Å². The standard InChI is InChI=1S/C17H14Br2N4O3S/c1-26-15-11(8-12(18)9-13(15)19)2-3-14(24)21-17(27)23-22-16(25)10-4-6-20-7-5-10/h2-9H,1H3,(H,22,25)(H2,21,23,24,27). The van der Waals surface area contributed by atoms with Crippen molar-refractivity contribution in [3.63, 3.8) is 0 Å². The van der Waals surface area contributed by atoms with E-state index in [2.05, 4.69) is 53.0 Å². The molecule has 1 aromatic heterocycles. The van der Waals surface area contributed by atoms with Crippen LogP contribution in [0, 0.1) is 0 Å². The summed E-state index contributed by atoms with van der Waals surface area (Å²) < 4.78 is 6.88. The molecule has 140 valence electrons. The number of hydrogen-bond donors (Lipinski definition) is 3. The Balaban J connectivity index is 1.91. The topological polar surface area (TPSA) is 92.4 Å². The molecular weight excluding hydrogens is 500 g/mol. The number of amides is 2. The summed E-state index contributed by atoms with van der Waals surface area (Å²) in [5.74, 6) is -0.287. The number of carbonyl (C=O) groups is 2. The summed E-state index contributed by atoms with van der Waals surface area (Å²) in [6.07, 6.45) is 5.87. The lowest BCUT2D eigenvalue weighted by molar-refractivity contribution is -0.115. The van der Waals surface area contributed by atoms with E-state index >= 15 is 0 Å². The molecule has 0 aliphatic carbocycles. The van der Waals surface area contributed by atoms with Gasteiger partial charge in [-0.05, 0) is 58.5 Å². The molecule has 7 nitrogen and oxygen atoms in total. The van der Waals surface area contributed by atoms with Crippen molar-refractivity contribution in [3.05, 3.63) is 62.8 Å². The molecule has 0 saturated heterocycles. The first-order valence-electron chi connectivity index (χ1n) is 7.43. The molecule has 2 aromatic rings. The van der Waals surface area contributed by atoms with Crippen molar-refractivity contribution in [2.45, 2.75) is 0 Å². The Bertz CT molecular complexity index is 891. The van der Waals surface area contributed by atoms with Gasteiger partial charge in [-0.1, -0.05) is 15.9 Å². The van der Waals surface area contributed by atoms with Crippen LogP contribution in [-0.4, -0.2) is 29.0 Å². The number of hydrazine groups is 1. The highest BCUT2D eigenvalue weighted by molar-refractivity contribution is 9.11. The SMILES string of the molecule is COc1c(Br)cc(Br)cc1C=CC(=O)NC(=S)NNC(=O)c1ccncc1. The lowest BCUT2D eigenvalue weighted by atomic mass is 10.2. The number of carbonyl (C=O) groups excluding carboxylic acids is 2. The quantitative estimate of drug-likeness (QED) is 0.330. The second-order valence-corrected chi connectivity index (χ2v) is 7.16. The predicted molar refractivity (Wildman–Crippen MR) is 113 cm³/mol. The first-order chi connectivity index (χ1) is 12.9. The second-order valence-electron chi connectivity index (χ2n) is 4.98. The molecular formula is C17H14Br2N4O3S. The second kappa shape index (κ2) is 10.1. The van der Waals surface area contributed by atoms with E-state index in [0.717, 1.165) is 8.95 Å². The summed E-state index contributed by atoms with van der Waals surface area (Å²) in [6, 6.07) is 6.73. The van der Waals surface area contributed by atoms with Gasteiger partial charge >= 0.3 is 0 Å². The fourth-order valence-corrected chi connectivity index (χ4v) is 3.53. The minimum atomic E-state index is -0.469. The van der Waals surface area contributed by atoms with Gasteiger partial charge in [0.1, 0.15) is 5.75 Å². The summed E-state index contributed by atoms with van der Waals surface area (Å²) >= 11 is 11.8. The molecule has 0 fully saturated rings. The van der Waals surface area contributed by atoms with E-state index in [1.165, 1.54) is 25.6 Å². The van der Waals surface area contributed by atoms with Gasteiger partial charge in [0, 0.05) is 34.1 Å². The smallest absolute Gasteiger partial charge is 0.269 e. The molecule has 0 atom stereocenters. The molecule has 0 spiro atoms. The number of methoxy groups -OCH3 is 1. The number of pyridine rings is 1. The van der Waals surface area contributed by atoms with Gasteiger partial charge in [-0.15, -0.1) is 0 Å². The van der Waals surface area contributed by atoms with Gasteiger partial charge in [0.2, 0.25) is 5.91 Å². The number of hydrogen-bond acceptors (Lipinski definition) is 5. The van der Waals surface area contributed by atoms with Crippen LogP contribution in [0.15, 0.2) is 51.7 Å². The Morgan fingerprint density at radius 2 is 1.89 bits per heavy atom. The molecule has 2 amide bonds. The number of aromatic nitrogens is 1. The van der Waals surface area contributed by atoms with Crippen LogP contribution in [0.4, 0.5) is 0 Å². The zero-order chi connectivity index (χ0) is 19.8. The highest BCUT2D eigenvalue weighted by Gasteiger charge is 2.09. The average molecular weight is 514 g/mol. The molecule has 3 N–H and O–H groups in total. The predicted octanol–water partition coefficient (Wildman–Crippen LogP) is 2.96. The van der Waals surface area contributed by atoms with Gasteiger partial charge in [0.15, 0.2) is 5.11 Å². The molecule has 1 aromatic carbocycles. The maximum atomic E-state index is 12.0. The fourth-order valence-electron chi connectivity index (χ4n) is 1.96. The summed E-state index contributed by atoms with van der Waals surface area (Å²) in [4.78, 5) is 27.7. The first-order valence-corrected chi connectivity index (χ1v) is 9.42. The molecule has 0 aliphatic heterocycles. The molecule has 10 heteroatoms. The van der Waals surface area contributed by atoms with Crippen LogP contribution >= 0.6 is 44.1 Å². The third-order valence-electron chi connectivity index (χ3n) is 3.12. The van der Waals surface area contributed by atoms with E-state index < -0.39 is 11.8 Å². The monoisotopic (exact) mass is 512 g/mol. The van der Waals surface area contributed by atoms with Gasteiger partial charge in [0.25, 0.3) is 5.91 Å². The summed E-state index contributed by atoms with van der Waals surface area (Å²) in [5, 5.41) is 2.38. The van der Waals surface area contributed by atoms with Crippen LogP contribution in [0.5, 0.6) is 5.75 Å². The number of halogens is 2. The van der Waals surface area contributed by atoms with Crippen molar-refractivity contribution in [2.75, 3.05) is 7.11 Å². The number of nitrogens with zero attached hydrogens (tertiary/aromatic N) is 1. The minimum absolute atomic E-state index is 0.0468. The molecule has 1 heterocycles. The molecule has 2 rings (SSSR count). The van der Waals surface area contributed by atoms with Crippen LogP contribution < -0.4 is 20.9 Å². The van der Waals surface area contributed by atoms with Crippen molar-refractivity contribution < 1.29 is 14.3 Å². The van der Waals surface area contributed by atoms with Crippen LogP contribution in [0.25, 0.3) is 6.08 Å². The van der Waals surface area contributed by atoms with Crippen LogP contribution in [0.1, 0.15) is 15.9 Å². The van der Waals surface area contributed by atoms with Crippen LogP contribution in [-0.2, 0) is 4.79 Å². The van der Waals surface area contributed by atoms with Crippen molar-refractivity contribution >= 4 is 67.1 Å². The first kappa shape index (κ1) is 21.0. The minimum Gasteiger partial charge on any atom is -0.495 e. The molecule has 0 radical (unpaired) electrons. The largest absolute Gasteiger partial charge is 0.495 e. The lowest BCUT2D eigenvalue weighted by Crippen LogP contribution is -2.48. The van der Waals surface area contributed by atoms with Gasteiger partial charge in [-0.2, -0.15) is 0 Å². The van der Waals surface area contributed by atoms with Crippen molar-refractivity contribution in [3.8, 4) is 5.75 Å². The summed E-state index contributed by atoms with van der Waals surface area (Å²) in [6.45, 7) is 0. The Morgan fingerprint density at radius 1 is 1.19 bits per heavy atom. The third kappa shape index (κ3) is 6.42. The maximum Gasteiger partial charge on any atom is 0.269 e. The number of ether oxygens (including phenoxy) is 1. The Kier molecular flexibility index (Phi) is 7.89. The van der Waals surface area contributed by atoms with E-state index in [-0.39, 0.29) is 5.11 Å². The number of rotatable bonds is 4. The van der Waals surface area contributed by atoms with Crippen LogP contribution in [0.3, 0.4) is 0 Å². The highest BCUT2D eigenvalue weighted by Crippen LogP contribution is 2.33. The number of benzene rings is 1. The Labute approximate surface area is 177 Å². The fraction of sp³-hybridized carbons (Fsp3) is 0.0588. The van der Waals surface area contributed by atoms with Gasteiger partial charge < -0.3 is 4.74 Å². The zero-order valence-corrected chi connectivity index (χ0v) is 17.9. The summed E-state index contributed by atoms with van der Waals surface area (Å²) in [7, 11) is 1.54. The van der Waals surface area contributed by atoms with E-state index in [0.29, 0.717) is 16.9 Å². The van der Waals surface area contributed by atoms with E-state index in [9.17, 15) is 9.59 Å². The van der Waals surface area contributed by atoms with Crippen molar-refractivity contribution in [2.24, 2.45) is 0 Å². The molecule has 0 bridgehead atoms. The Morgan fingerprint density at radius 3 is 2.56 bits per heavy atom. The molecule has 0 unspecified atom stereocenters. The number of thiocarbonyl (C=S) groups is 1. The normalized spacial score (nSPS) is 10.3. The van der Waals surface area contributed by atoms with Crippen LogP contribution in [0.2, 0.25) is 0 Å². The Hall–Kier alpha value is -2.30. The third-order valence-corrected chi connectivity index (χ3v) is 4.38. The maximum absolute atomic E-state index is 12.0. The average Bonchev–Trinajstić information content (AvgIpc) is 2.64. The lowest BCUT2D eigenvalue weighted by Gasteiger charge is -2.10. The zero-order valence-electron chi connectivity index (χ0n) is 14.0.